The van der Waals surface area contributed by atoms with Gasteiger partial charge in [-0.3, -0.25) is 0 Å². The molecule has 0 bridgehead atoms. The summed E-state index contributed by atoms with van der Waals surface area (Å²) in [7, 11) is 1.93. The van der Waals surface area contributed by atoms with Gasteiger partial charge in [-0.1, -0.05) is 12.1 Å². The van der Waals surface area contributed by atoms with Gasteiger partial charge in [0.25, 0.3) is 0 Å². The average Bonchev–Trinajstić information content (AvgIpc) is 2.92. The van der Waals surface area contributed by atoms with Crippen molar-refractivity contribution in [1.82, 2.24) is 0 Å². The molecule has 106 valence electrons. The molecule has 2 rings (SSSR count). The predicted octanol–water partition coefficient (Wildman–Crippen LogP) is 3.35. The number of thiophene rings is 1. The van der Waals surface area contributed by atoms with Crippen molar-refractivity contribution in [3.05, 3.63) is 57.8 Å². The highest BCUT2D eigenvalue weighted by atomic mass is 32.1. The smallest absolute Gasteiger partial charge is 0.328 e. The molecule has 0 amide bonds. The van der Waals surface area contributed by atoms with Crippen molar-refractivity contribution in [3.63, 3.8) is 0 Å². The van der Waals surface area contributed by atoms with E-state index < -0.39 is 5.97 Å². The lowest BCUT2D eigenvalue weighted by Crippen LogP contribution is -2.16. The van der Waals surface area contributed by atoms with Crippen LogP contribution in [0, 0.1) is 11.3 Å². The van der Waals surface area contributed by atoms with Gasteiger partial charge < -0.3 is 10.0 Å². The molecule has 0 aliphatic heterocycles. The number of anilines is 1. The van der Waals surface area contributed by atoms with Crippen LogP contribution in [0.3, 0.4) is 0 Å². The molecule has 0 fully saturated rings. The molecule has 1 N–H and O–H groups in total. The summed E-state index contributed by atoms with van der Waals surface area (Å²) in [5.74, 6) is -0.956. The first-order chi connectivity index (χ1) is 10.1. The third kappa shape index (κ3) is 3.94. The number of carboxylic acids is 1. The Kier molecular flexibility index (Phi) is 4.75. The van der Waals surface area contributed by atoms with Gasteiger partial charge in [-0.15, -0.1) is 11.3 Å². The van der Waals surface area contributed by atoms with Crippen LogP contribution in [0.15, 0.2) is 41.8 Å². The van der Waals surface area contributed by atoms with Gasteiger partial charge >= 0.3 is 5.97 Å². The standard InChI is InChI=1S/C16H14N2O2S/c1-18(15-5-3-2-4-13(15)9-17)10-14-8-12(11-21-14)6-7-16(19)20/h2-8,11H,10H2,1H3,(H,19,20)/b7-6+. The lowest BCUT2D eigenvalue weighted by Gasteiger charge is -2.19. The molecule has 1 aromatic carbocycles. The highest BCUT2D eigenvalue weighted by molar-refractivity contribution is 7.10. The molecule has 2 aromatic rings. The zero-order chi connectivity index (χ0) is 15.2. The van der Waals surface area contributed by atoms with Gasteiger partial charge in [-0.05, 0) is 35.2 Å². The predicted molar refractivity (Wildman–Crippen MR) is 84.3 cm³/mol. The Balaban J connectivity index is 2.11. The molecule has 4 nitrogen and oxygen atoms in total. The SMILES string of the molecule is CN(Cc1cc(/C=C/C(=O)O)cs1)c1ccccc1C#N. The number of nitriles is 1. The summed E-state index contributed by atoms with van der Waals surface area (Å²) in [6.45, 7) is 0.671. The van der Waals surface area contributed by atoms with Gasteiger partial charge in [-0.2, -0.15) is 5.26 Å². The Bertz CT molecular complexity index is 713. The van der Waals surface area contributed by atoms with Gasteiger partial charge in [0, 0.05) is 18.0 Å². The molecule has 1 aromatic heterocycles. The fourth-order valence-corrected chi connectivity index (χ4v) is 2.86. The van der Waals surface area contributed by atoms with E-state index in [9.17, 15) is 4.79 Å². The van der Waals surface area contributed by atoms with Crippen molar-refractivity contribution in [2.45, 2.75) is 6.54 Å². The summed E-state index contributed by atoms with van der Waals surface area (Å²) in [6.07, 6.45) is 2.70. The Morgan fingerprint density at radius 1 is 1.48 bits per heavy atom. The first kappa shape index (κ1) is 14.8. The molecule has 0 aliphatic rings. The van der Waals surface area contributed by atoms with Crippen molar-refractivity contribution in [1.29, 1.82) is 5.26 Å². The Hall–Kier alpha value is -2.58. The lowest BCUT2D eigenvalue weighted by molar-refractivity contribution is -0.131. The lowest BCUT2D eigenvalue weighted by atomic mass is 10.2. The zero-order valence-electron chi connectivity index (χ0n) is 11.5. The van der Waals surface area contributed by atoms with Crippen molar-refractivity contribution in [2.24, 2.45) is 0 Å². The molecule has 0 saturated heterocycles. The van der Waals surface area contributed by atoms with Gasteiger partial charge in [0.05, 0.1) is 17.8 Å². The molecule has 0 radical (unpaired) electrons. The number of benzene rings is 1. The molecule has 0 saturated carbocycles. The molecule has 21 heavy (non-hydrogen) atoms. The van der Waals surface area contributed by atoms with Crippen molar-refractivity contribution in [2.75, 3.05) is 11.9 Å². The van der Waals surface area contributed by atoms with E-state index in [1.165, 1.54) is 0 Å². The van der Waals surface area contributed by atoms with Crippen LogP contribution in [0.4, 0.5) is 5.69 Å². The van der Waals surface area contributed by atoms with Crippen LogP contribution < -0.4 is 4.90 Å². The first-order valence-corrected chi connectivity index (χ1v) is 7.17. The average molecular weight is 298 g/mol. The van der Waals surface area contributed by atoms with E-state index in [1.807, 2.05) is 41.6 Å². The molecular weight excluding hydrogens is 284 g/mol. The van der Waals surface area contributed by atoms with E-state index in [1.54, 1.807) is 23.5 Å². The summed E-state index contributed by atoms with van der Waals surface area (Å²) < 4.78 is 0. The molecule has 5 heteroatoms. The number of carbonyl (C=O) groups is 1. The maximum atomic E-state index is 10.5. The largest absolute Gasteiger partial charge is 0.478 e. The third-order valence-electron chi connectivity index (χ3n) is 2.92. The van der Waals surface area contributed by atoms with Gasteiger partial charge in [0.2, 0.25) is 0 Å². The number of hydrogen-bond acceptors (Lipinski definition) is 4. The van der Waals surface area contributed by atoms with Crippen LogP contribution in [0.2, 0.25) is 0 Å². The summed E-state index contributed by atoms with van der Waals surface area (Å²) >= 11 is 1.57. The van der Waals surface area contributed by atoms with Crippen LogP contribution in [0.5, 0.6) is 0 Å². The van der Waals surface area contributed by atoms with E-state index in [0.29, 0.717) is 12.1 Å². The Labute approximate surface area is 127 Å². The molecule has 0 aliphatic carbocycles. The second-order valence-corrected chi connectivity index (χ2v) is 5.50. The second-order valence-electron chi connectivity index (χ2n) is 4.50. The van der Waals surface area contributed by atoms with Gasteiger partial charge in [0.1, 0.15) is 6.07 Å². The van der Waals surface area contributed by atoms with E-state index in [2.05, 4.69) is 6.07 Å². The number of aliphatic carboxylic acids is 1. The second kappa shape index (κ2) is 6.73. The monoisotopic (exact) mass is 298 g/mol. The zero-order valence-corrected chi connectivity index (χ0v) is 12.3. The highest BCUT2D eigenvalue weighted by Gasteiger charge is 2.08. The fourth-order valence-electron chi connectivity index (χ4n) is 1.96. The number of para-hydroxylation sites is 1. The molecule has 0 spiro atoms. The molecular formula is C16H14N2O2S. The summed E-state index contributed by atoms with van der Waals surface area (Å²) in [5, 5.41) is 19.6. The first-order valence-electron chi connectivity index (χ1n) is 6.29. The maximum absolute atomic E-state index is 10.5. The van der Waals surface area contributed by atoms with E-state index in [-0.39, 0.29) is 0 Å². The van der Waals surface area contributed by atoms with E-state index in [4.69, 9.17) is 10.4 Å². The van der Waals surface area contributed by atoms with Crippen LogP contribution >= 0.6 is 11.3 Å². The van der Waals surface area contributed by atoms with E-state index >= 15 is 0 Å². The van der Waals surface area contributed by atoms with Crippen LogP contribution in [-0.4, -0.2) is 18.1 Å². The van der Waals surface area contributed by atoms with Crippen molar-refractivity contribution < 1.29 is 9.90 Å². The Morgan fingerprint density at radius 2 is 2.24 bits per heavy atom. The summed E-state index contributed by atoms with van der Waals surface area (Å²) in [6, 6.07) is 11.6. The molecule has 0 unspecified atom stereocenters. The molecule has 0 atom stereocenters. The van der Waals surface area contributed by atoms with Crippen LogP contribution in [0.25, 0.3) is 6.08 Å². The number of nitrogens with zero attached hydrogens (tertiary/aromatic N) is 2. The quantitative estimate of drug-likeness (QED) is 0.860. The van der Waals surface area contributed by atoms with Crippen LogP contribution in [0.1, 0.15) is 16.0 Å². The Morgan fingerprint density at radius 3 is 2.95 bits per heavy atom. The summed E-state index contributed by atoms with van der Waals surface area (Å²) in [5.41, 5.74) is 2.40. The minimum Gasteiger partial charge on any atom is -0.478 e. The van der Waals surface area contributed by atoms with Gasteiger partial charge in [0.15, 0.2) is 0 Å². The minimum atomic E-state index is -0.956. The topological polar surface area (TPSA) is 64.3 Å². The van der Waals surface area contributed by atoms with Crippen molar-refractivity contribution >= 4 is 29.1 Å². The van der Waals surface area contributed by atoms with Crippen LogP contribution in [-0.2, 0) is 11.3 Å². The number of hydrogen-bond donors (Lipinski definition) is 1. The van der Waals surface area contributed by atoms with Crippen molar-refractivity contribution in [3.8, 4) is 6.07 Å². The fraction of sp³-hybridized carbons (Fsp3) is 0.125. The highest BCUT2D eigenvalue weighted by Crippen LogP contribution is 2.23. The molecule has 1 heterocycles. The summed E-state index contributed by atoms with van der Waals surface area (Å²) in [4.78, 5) is 13.6. The van der Waals surface area contributed by atoms with E-state index in [0.717, 1.165) is 22.2 Å². The third-order valence-corrected chi connectivity index (χ3v) is 3.86. The number of rotatable bonds is 5. The number of carboxylic acid groups (broad SMARTS) is 1. The van der Waals surface area contributed by atoms with Gasteiger partial charge in [-0.25, -0.2) is 4.79 Å². The minimum absolute atomic E-state index is 0.641. The normalized spacial score (nSPS) is 10.5. The maximum Gasteiger partial charge on any atom is 0.328 e.